The Labute approximate surface area is 118 Å². The van der Waals surface area contributed by atoms with E-state index in [1.807, 2.05) is 6.92 Å². The van der Waals surface area contributed by atoms with Crippen molar-refractivity contribution in [3.05, 3.63) is 0 Å². The van der Waals surface area contributed by atoms with Crippen molar-refractivity contribution >= 4 is 30.3 Å². The number of urea groups is 1. The quantitative estimate of drug-likeness (QED) is 0.672. The molecule has 1 aliphatic heterocycles. The number of nitrogens with zero attached hydrogens (tertiary/aromatic N) is 1. The second kappa shape index (κ2) is 8.71. The van der Waals surface area contributed by atoms with Crippen molar-refractivity contribution in [2.75, 3.05) is 19.6 Å². The number of hydrogen-bond donors (Lipinski definition) is 3. The average Bonchev–Trinajstić information content (AvgIpc) is 2.74. The zero-order chi connectivity index (χ0) is 13.5. The molecule has 0 bridgehead atoms. The number of rotatable bonds is 5. The van der Waals surface area contributed by atoms with E-state index in [0.717, 1.165) is 12.8 Å². The van der Waals surface area contributed by atoms with Crippen molar-refractivity contribution in [2.24, 2.45) is 0 Å². The first kappa shape index (κ1) is 17.7. The van der Waals surface area contributed by atoms with Crippen LogP contribution >= 0.6 is 12.4 Å². The summed E-state index contributed by atoms with van der Waals surface area (Å²) in [6.07, 6.45) is 2.09. The highest BCUT2D eigenvalue weighted by Gasteiger charge is 2.31. The molecule has 0 saturated carbocycles. The molecule has 0 aromatic heterocycles. The molecule has 19 heavy (non-hydrogen) atoms. The van der Waals surface area contributed by atoms with Crippen molar-refractivity contribution in [3.8, 4) is 0 Å². The highest BCUT2D eigenvalue weighted by atomic mass is 35.5. The number of likely N-dealkylation sites (tertiary alicyclic amines) is 1. The van der Waals surface area contributed by atoms with Crippen LogP contribution < -0.4 is 10.6 Å². The Balaban J connectivity index is 0.00000324. The van der Waals surface area contributed by atoms with E-state index in [0.29, 0.717) is 19.5 Å². The maximum absolute atomic E-state index is 11.5. The Kier molecular flexibility index (Phi) is 8.09. The van der Waals surface area contributed by atoms with Gasteiger partial charge in [-0.05, 0) is 25.8 Å². The van der Waals surface area contributed by atoms with Crippen LogP contribution in [0.4, 0.5) is 4.79 Å². The number of halogens is 1. The maximum atomic E-state index is 11.5. The molecule has 1 unspecified atom stereocenters. The highest BCUT2D eigenvalue weighted by molar-refractivity contribution is 5.95. The van der Waals surface area contributed by atoms with Gasteiger partial charge < -0.3 is 10.4 Å². The lowest BCUT2D eigenvalue weighted by molar-refractivity contribution is -0.142. The van der Waals surface area contributed by atoms with E-state index >= 15 is 0 Å². The molecular weight excluding hydrogens is 274 g/mol. The van der Waals surface area contributed by atoms with E-state index in [9.17, 15) is 14.4 Å². The van der Waals surface area contributed by atoms with Gasteiger partial charge in [-0.1, -0.05) is 6.92 Å². The Morgan fingerprint density at radius 3 is 2.63 bits per heavy atom. The number of carboxylic acids is 1. The molecule has 1 heterocycles. The van der Waals surface area contributed by atoms with Gasteiger partial charge in [-0.2, -0.15) is 0 Å². The first-order chi connectivity index (χ1) is 8.54. The fourth-order valence-electron chi connectivity index (χ4n) is 1.93. The fraction of sp³-hybridized carbons (Fsp3) is 0.727. The number of aliphatic carboxylic acids is 1. The van der Waals surface area contributed by atoms with Gasteiger partial charge in [0.1, 0.15) is 6.04 Å². The van der Waals surface area contributed by atoms with Crippen molar-refractivity contribution in [1.29, 1.82) is 0 Å². The minimum atomic E-state index is -0.921. The summed E-state index contributed by atoms with van der Waals surface area (Å²) < 4.78 is 0. The average molecular weight is 294 g/mol. The summed E-state index contributed by atoms with van der Waals surface area (Å²) in [5.74, 6) is -1.40. The minimum absolute atomic E-state index is 0. The lowest BCUT2D eigenvalue weighted by Crippen LogP contribution is -2.47. The van der Waals surface area contributed by atoms with Crippen LogP contribution in [-0.4, -0.2) is 53.6 Å². The third-order valence-corrected chi connectivity index (χ3v) is 2.78. The lowest BCUT2D eigenvalue weighted by atomic mass is 10.2. The molecular formula is C11H20ClN3O4. The molecule has 3 N–H and O–H groups in total. The van der Waals surface area contributed by atoms with Crippen LogP contribution in [0, 0.1) is 0 Å². The molecule has 0 radical (unpaired) electrons. The summed E-state index contributed by atoms with van der Waals surface area (Å²) in [6, 6.07) is -1.15. The number of carbonyl (C=O) groups excluding carboxylic acids is 2. The molecule has 3 amide bonds. The molecule has 1 fully saturated rings. The van der Waals surface area contributed by atoms with Gasteiger partial charge in [0.25, 0.3) is 0 Å². The third-order valence-electron chi connectivity index (χ3n) is 2.78. The Bertz CT molecular complexity index is 338. The van der Waals surface area contributed by atoms with Crippen LogP contribution in [0.1, 0.15) is 26.2 Å². The van der Waals surface area contributed by atoms with Crippen LogP contribution in [-0.2, 0) is 9.59 Å². The molecule has 0 aromatic carbocycles. The molecule has 0 spiro atoms. The highest BCUT2D eigenvalue weighted by Crippen LogP contribution is 2.16. The zero-order valence-corrected chi connectivity index (χ0v) is 11.7. The first-order valence-electron chi connectivity index (χ1n) is 6.09. The normalized spacial score (nSPS) is 18.5. The molecule has 1 aliphatic rings. The Morgan fingerprint density at radius 2 is 2.05 bits per heavy atom. The van der Waals surface area contributed by atoms with E-state index in [1.165, 1.54) is 0 Å². The number of carbonyl (C=O) groups is 3. The molecule has 7 nitrogen and oxygen atoms in total. The molecule has 1 rings (SSSR count). The standard InChI is InChI=1S/C11H19N3O4.ClH/c1-2-5-12-11(18)13-9(15)7-14-6-3-4-8(14)10(16)17;/h8H,2-7H2,1H3,(H,16,17)(H2,12,13,15,18);1H. The molecule has 0 aliphatic carbocycles. The van der Waals surface area contributed by atoms with Gasteiger partial charge in [-0.3, -0.25) is 19.8 Å². The third kappa shape index (κ3) is 5.89. The molecule has 1 saturated heterocycles. The SMILES string of the molecule is CCCNC(=O)NC(=O)CN1CCCC1C(=O)O.Cl. The monoisotopic (exact) mass is 293 g/mol. The van der Waals surface area contributed by atoms with Gasteiger partial charge >= 0.3 is 12.0 Å². The number of carboxylic acid groups (broad SMARTS) is 1. The number of hydrogen-bond acceptors (Lipinski definition) is 4. The first-order valence-corrected chi connectivity index (χ1v) is 6.09. The predicted octanol–water partition coefficient (Wildman–Crippen LogP) is 0.193. The van der Waals surface area contributed by atoms with Crippen molar-refractivity contribution in [3.63, 3.8) is 0 Å². The van der Waals surface area contributed by atoms with Gasteiger partial charge in [-0.15, -0.1) is 12.4 Å². The largest absolute Gasteiger partial charge is 0.480 e. The predicted molar refractivity (Wildman–Crippen MR) is 71.3 cm³/mol. The van der Waals surface area contributed by atoms with Crippen molar-refractivity contribution in [1.82, 2.24) is 15.5 Å². The van der Waals surface area contributed by atoms with Crippen LogP contribution in [0.3, 0.4) is 0 Å². The number of amides is 3. The summed E-state index contributed by atoms with van der Waals surface area (Å²) in [5, 5.41) is 13.6. The van der Waals surface area contributed by atoms with Gasteiger partial charge in [0.15, 0.2) is 0 Å². The van der Waals surface area contributed by atoms with E-state index in [4.69, 9.17) is 5.11 Å². The summed E-state index contributed by atoms with van der Waals surface area (Å²) >= 11 is 0. The smallest absolute Gasteiger partial charge is 0.321 e. The van der Waals surface area contributed by atoms with Crippen molar-refractivity contribution < 1.29 is 19.5 Å². The summed E-state index contributed by atoms with van der Waals surface area (Å²) in [5.41, 5.74) is 0. The van der Waals surface area contributed by atoms with Gasteiger partial charge in [0.2, 0.25) is 5.91 Å². The fourth-order valence-corrected chi connectivity index (χ4v) is 1.93. The summed E-state index contributed by atoms with van der Waals surface area (Å²) in [4.78, 5) is 35.2. The summed E-state index contributed by atoms with van der Waals surface area (Å²) in [7, 11) is 0. The van der Waals surface area contributed by atoms with E-state index in [-0.39, 0.29) is 19.0 Å². The Morgan fingerprint density at radius 1 is 1.37 bits per heavy atom. The number of nitrogens with one attached hydrogen (secondary N) is 2. The van der Waals surface area contributed by atoms with E-state index < -0.39 is 23.9 Å². The van der Waals surface area contributed by atoms with E-state index in [2.05, 4.69) is 10.6 Å². The van der Waals surface area contributed by atoms with Crippen LogP contribution in [0.2, 0.25) is 0 Å². The maximum Gasteiger partial charge on any atom is 0.321 e. The van der Waals surface area contributed by atoms with Gasteiger partial charge in [-0.25, -0.2) is 4.79 Å². The topological polar surface area (TPSA) is 98.7 Å². The number of imide groups is 1. The summed E-state index contributed by atoms with van der Waals surface area (Å²) in [6.45, 7) is 2.92. The second-order valence-corrected chi connectivity index (χ2v) is 4.27. The van der Waals surface area contributed by atoms with Gasteiger partial charge in [0.05, 0.1) is 6.54 Å². The Hall–Kier alpha value is -1.34. The molecule has 110 valence electrons. The van der Waals surface area contributed by atoms with Gasteiger partial charge in [0, 0.05) is 6.54 Å². The van der Waals surface area contributed by atoms with Crippen molar-refractivity contribution in [2.45, 2.75) is 32.2 Å². The van der Waals surface area contributed by atoms with Crippen LogP contribution in [0.15, 0.2) is 0 Å². The molecule has 8 heteroatoms. The van der Waals surface area contributed by atoms with E-state index in [1.54, 1.807) is 4.90 Å². The molecule has 0 aromatic rings. The zero-order valence-electron chi connectivity index (χ0n) is 10.8. The van der Waals surface area contributed by atoms with Crippen LogP contribution in [0.5, 0.6) is 0 Å². The van der Waals surface area contributed by atoms with Crippen LogP contribution in [0.25, 0.3) is 0 Å². The minimum Gasteiger partial charge on any atom is -0.480 e. The lowest BCUT2D eigenvalue weighted by Gasteiger charge is -2.19. The molecule has 1 atom stereocenters. The second-order valence-electron chi connectivity index (χ2n) is 4.27.